The molecule has 1 nitrogen and oxygen atoms in total. The molecule has 106 valence electrons. The van der Waals surface area contributed by atoms with Crippen molar-refractivity contribution in [2.75, 3.05) is 0 Å². The maximum atomic E-state index is 5.87. The Kier molecular flexibility index (Phi) is 4.84. The number of ether oxygens (including phenoxy) is 1. The van der Waals surface area contributed by atoms with Crippen LogP contribution in [0.4, 0.5) is 0 Å². The highest BCUT2D eigenvalue weighted by Gasteiger charge is 2.03. The molecule has 0 aliphatic rings. The molecule has 0 radical (unpaired) electrons. The maximum absolute atomic E-state index is 5.87. The van der Waals surface area contributed by atoms with Crippen LogP contribution >= 0.6 is 0 Å². The van der Waals surface area contributed by atoms with E-state index in [9.17, 15) is 0 Å². The number of hydrogen-bond acceptors (Lipinski definition) is 1. The standard InChI is InChI=1S/C19H24O/c1-5-16(4)18-6-8-19(9-7-18)20-13-17-11-14(2)10-15(3)12-17/h6-12,16H,5,13H2,1-4H3. The third kappa shape index (κ3) is 3.86. The molecule has 1 heteroatoms. The highest BCUT2D eigenvalue weighted by Crippen LogP contribution is 2.22. The molecule has 0 aliphatic heterocycles. The summed E-state index contributed by atoms with van der Waals surface area (Å²) in [4.78, 5) is 0. The topological polar surface area (TPSA) is 9.23 Å². The highest BCUT2D eigenvalue weighted by molar-refractivity contribution is 5.31. The number of hydrogen-bond donors (Lipinski definition) is 0. The molecule has 0 aromatic heterocycles. The predicted molar refractivity (Wildman–Crippen MR) is 85.4 cm³/mol. The van der Waals surface area contributed by atoms with Crippen LogP contribution in [0.3, 0.4) is 0 Å². The van der Waals surface area contributed by atoms with E-state index in [1.807, 2.05) is 0 Å². The molecule has 0 bridgehead atoms. The average Bonchev–Trinajstić information content (AvgIpc) is 2.44. The zero-order chi connectivity index (χ0) is 14.5. The van der Waals surface area contributed by atoms with Crippen LogP contribution in [-0.2, 0) is 6.61 Å². The lowest BCUT2D eigenvalue weighted by molar-refractivity contribution is 0.306. The lowest BCUT2D eigenvalue weighted by atomic mass is 9.99. The second kappa shape index (κ2) is 6.60. The number of aryl methyl sites for hydroxylation is 2. The molecule has 20 heavy (non-hydrogen) atoms. The van der Waals surface area contributed by atoms with Crippen LogP contribution in [0.15, 0.2) is 42.5 Å². The van der Waals surface area contributed by atoms with Gasteiger partial charge in [-0.2, -0.15) is 0 Å². The minimum atomic E-state index is 0.614. The molecule has 0 spiro atoms. The first kappa shape index (κ1) is 14.6. The van der Waals surface area contributed by atoms with Gasteiger partial charge >= 0.3 is 0 Å². The second-order valence-electron chi connectivity index (χ2n) is 5.66. The van der Waals surface area contributed by atoms with Crippen molar-refractivity contribution in [3.05, 3.63) is 64.7 Å². The van der Waals surface area contributed by atoms with Crippen molar-refractivity contribution in [2.45, 2.75) is 46.6 Å². The Balaban J connectivity index is 2.00. The van der Waals surface area contributed by atoms with Gasteiger partial charge in [-0.3, -0.25) is 0 Å². The van der Waals surface area contributed by atoms with Gasteiger partial charge in [-0.25, -0.2) is 0 Å². The molecule has 0 N–H and O–H groups in total. The van der Waals surface area contributed by atoms with Gasteiger partial charge in [0.1, 0.15) is 12.4 Å². The zero-order valence-electron chi connectivity index (χ0n) is 12.9. The molecule has 0 saturated heterocycles. The Bertz CT molecular complexity index is 534. The Morgan fingerprint density at radius 3 is 2.10 bits per heavy atom. The first-order chi connectivity index (χ1) is 9.58. The quantitative estimate of drug-likeness (QED) is 0.706. The van der Waals surface area contributed by atoms with Gasteiger partial charge in [0.15, 0.2) is 0 Å². The van der Waals surface area contributed by atoms with Crippen molar-refractivity contribution >= 4 is 0 Å². The van der Waals surface area contributed by atoms with Crippen LogP contribution in [0.1, 0.15) is 48.4 Å². The van der Waals surface area contributed by atoms with Crippen LogP contribution < -0.4 is 4.74 Å². The van der Waals surface area contributed by atoms with Gasteiger partial charge in [0.05, 0.1) is 0 Å². The molecule has 0 heterocycles. The SMILES string of the molecule is CCC(C)c1ccc(OCc2cc(C)cc(C)c2)cc1. The molecular formula is C19H24O. The van der Waals surface area contributed by atoms with Gasteiger partial charge in [-0.05, 0) is 49.4 Å². The monoisotopic (exact) mass is 268 g/mol. The first-order valence-electron chi connectivity index (χ1n) is 7.38. The van der Waals surface area contributed by atoms with Gasteiger partial charge in [0.25, 0.3) is 0 Å². The van der Waals surface area contributed by atoms with E-state index in [0.29, 0.717) is 12.5 Å². The van der Waals surface area contributed by atoms with E-state index in [2.05, 4.69) is 70.2 Å². The summed E-state index contributed by atoms with van der Waals surface area (Å²) in [6, 6.07) is 15.0. The minimum Gasteiger partial charge on any atom is -0.489 e. The van der Waals surface area contributed by atoms with Gasteiger partial charge in [0, 0.05) is 0 Å². The van der Waals surface area contributed by atoms with Crippen LogP contribution in [-0.4, -0.2) is 0 Å². The average molecular weight is 268 g/mol. The van der Waals surface area contributed by atoms with E-state index in [0.717, 1.165) is 5.75 Å². The van der Waals surface area contributed by atoms with E-state index >= 15 is 0 Å². The van der Waals surface area contributed by atoms with Crippen LogP contribution in [0.5, 0.6) is 5.75 Å². The maximum Gasteiger partial charge on any atom is 0.119 e. The fourth-order valence-corrected chi connectivity index (χ4v) is 2.45. The normalized spacial score (nSPS) is 12.2. The Morgan fingerprint density at radius 1 is 0.950 bits per heavy atom. The number of benzene rings is 2. The predicted octanol–water partition coefficient (Wildman–Crippen LogP) is 5.40. The van der Waals surface area contributed by atoms with Gasteiger partial charge in [-0.15, -0.1) is 0 Å². The Morgan fingerprint density at radius 2 is 1.55 bits per heavy atom. The molecule has 0 fully saturated rings. The van der Waals surface area contributed by atoms with Crippen molar-refractivity contribution in [1.29, 1.82) is 0 Å². The fraction of sp³-hybridized carbons (Fsp3) is 0.368. The fourth-order valence-electron chi connectivity index (χ4n) is 2.45. The van der Waals surface area contributed by atoms with Crippen molar-refractivity contribution in [2.24, 2.45) is 0 Å². The summed E-state index contributed by atoms with van der Waals surface area (Å²) >= 11 is 0. The Labute approximate surface area is 122 Å². The lowest BCUT2D eigenvalue weighted by Crippen LogP contribution is -1.97. The lowest BCUT2D eigenvalue weighted by Gasteiger charge is -2.11. The molecule has 2 rings (SSSR count). The highest BCUT2D eigenvalue weighted by atomic mass is 16.5. The summed E-state index contributed by atoms with van der Waals surface area (Å²) in [5.41, 5.74) is 5.19. The van der Waals surface area contributed by atoms with E-state index in [1.165, 1.54) is 28.7 Å². The van der Waals surface area contributed by atoms with Crippen molar-refractivity contribution in [3.8, 4) is 5.75 Å². The second-order valence-corrected chi connectivity index (χ2v) is 5.66. The molecular weight excluding hydrogens is 244 g/mol. The van der Waals surface area contributed by atoms with Crippen molar-refractivity contribution < 1.29 is 4.74 Å². The van der Waals surface area contributed by atoms with Crippen LogP contribution in [0.2, 0.25) is 0 Å². The minimum absolute atomic E-state index is 0.614. The molecule has 2 aromatic rings. The van der Waals surface area contributed by atoms with E-state index in [4.69, 9.17) is 4.74 Å². The third-order valence-electron chi connectivity index (χ3n) is 3.75. The Hall–Kier alpha value is -1.76. The molecule has 1 unspecified atom stereocenters. The summed E-state index contributed by atoms with van der Waals surface area (Å²) in [7, 11) is 0. The van der Waals surface area contributed by atoms with E-state index in [1.54, 1.807) is 0 Å². The van der Waals surface area contributed by atoms with E-state index in [-0.39, 0.29) is 0 Å². The molecule has 2 aromatic carbocycles. The number of rotatable bonds is 5. The molecule has 0 amide bonds. The van der Waals surface area contributed by atoms with E-state index < -0.39 is 0 Å². The first-order valence-corrected chi connectivity index (χ1v) is 7.38. The van der Waals surface area contributed by atoms with Crippen molar-refractivity contribution in [3.63, 3.8) is 0 Å². The summed E-state index contributed by atoms with van der Waals surface area (Å²) in [5.74, 6) is 1.56. The third-order valence-corrected chi connectivity index (χ3v) is 3.75. The summed E-state index contributed by atoms with van der Waals surface area (Å²) in [5, 5.41) is 0. The van der Waals surface area contributed by atoms with Gasteiger partial charge in [-0.1, -0.05) is 55.3 Å². The van der Waals surface area contributed by atoms with Gasteiger partial charge in [0.2, 0.25) is 0 Å². The summed E-state index contributed by atoms with van der Waals surface area (Å²) < 4.78 is 5.87. The molecule has 0 aliphatic carbocycles. The smallest absolute Gasteiger partial charge is 0.119 e. The van der Waals surface area contributed by atoms with Gasteiger partial charge < -0.3 is 4.74 Å². The van der Waals surface area contributed by atoms with Crippen LogP contribution in [0, 0.1) is 13.8 Å². The molecule has 1 atom stereocenters. The summed E-state index contributed by atoms with van der Waals surface area (Å²) in [6.07, 6.45) is 1.17. The summed E-state index contributed by atoms with van der Waals surface area (Å²) in [6.45, 7) is 9.35. The molecule has 0 saturated carbocycles. The van der Waals surface area contributed by atoms with Crippen LogP contribution in [0.25, 0.3) is 0 Å². The largest absolute Gasteiger partial charge is 0.489 e. The van der Waals surface area contributed by atoms with Crippen molar-refractivity contribution in [1.82, 2.24) is 0 Å². The zero-order valence-corrected chi connectivity index (χ0v) is 12.9.